The Morgan fingerprint density at radius 3 is 2.27 bits per heavy atom. The zero-order valence-corrected chi connectivity index (χ0v) is 6.60. The van der Waals surface area contributed by atoms with Gasteiger partial charge >= 0.3 is 0 Å². The Morgan fingerprint density at radius 1 is 1.45 bits per heavy atom. The molecule has 0 amide bonds. The van der Waals surface area contributed by atoms with E-state index in [1.54, 1.807) is 0 Å². The van der Waals surface area contributed by atoms with Crippen molar-refractivity contribution in [2.24, 2.45) is 0 Å². The van der Waals surface area contributed by atoms with Crippen LogP contribution >= 0.6 is 0 Å². The lowest BCUT2D eigenvalue weighted by Gasteiger charge is -2.26. The fraction of sp³-hybridized carbons (Fsp3) is 0.857. The number of likely N-dealkylation sites (tertiary alicyclic amines) is 1. The van der Waals surface area contributed by atoms with Crippen molar-refractivity contribution in [1.82, 2.24) is 0 Å². The normalized spacial score (nSPS) is 44.3. The predicted molar refractivity (Wildman–Crippen MR) is 38.9 cm³/mol. The van der Waals surface area contributed by atoms with Gasteiger partial charge in [-0.1, -0.05) is 0 Å². The third-order valence-electron chi connectivity index (χ3n) is 2.22. The van der Waals surface area contributed by atoms with Crippen molar-refractivity contribution in [3.05, 3.63) is 0 Å². The highest BCUT2D eigenvalue weighted by atomic mass is 16.3. The van der Waals surface area contributed by atoms with E-state index in [4.69, 9.17) is 0 Å². The number of rotatable bonds is 2. The first-order valence-corrected chi connectivity index (χ1v) is 3.71. The number of aliphatic hydroxyl groups excluding tert-OH is 2. The maximum absolute atomic E-state index is 10.2. The molecule has 0 aliphatic carbocycles. The van der Waals surface area contributed by atoms with Gasteiger partial charge in [-0.05, 0) is 0 Å². The van der Waals surface area contributed by atoms with E-state index in [-0.39, 0.29) is 0 Å². The van der Waals surface area contributed by atoms with Gasteiger partial charge in [0.1, 0.15) is 31.8 Å². The molecule has 0 radical (unpaired) electrons. The first-order chi connectivity index (χ1) is 5.07. The van der Waals surface area contributed by atoms with Crippen molar-refractivity contribution in [3.8, 4) is 0 Å². The Morgan fingerprint density at radius 2 is 1.91 bits per heavy atom. The zero-order chi connectivity index (χ0) is 8.48. The molecule has 0 bridgehead atoms. The monoisotopic (exact) mass is 160 g/mol. The van der Waals surface area contributed by atoms with Crippen molar-refractivity contribution >= 4 is 6.29 Å². The van der Waals surface area contributed by atoms with Crippen molar-refractivity contribution in [2.75, 3.05) is 26.7 Å². The van der Waals surface area contributed by atoms with Crippen LogP contribution in [0.3, 0.4) is 0 Å². The highest BCUT2D eigenvalue weighted by Gasteiger charge is 2.40. The van der Waals surface area contributed by atoms with Crippen LogP contribution in [0.4, 0.5) is 0 Å². The van der Waals surface area contributed by atoms with Crippen LogP contribution in [0.2, 0.25) is 0 Å². The summed E-state index contributed by atoms with van der Waals surface area (Å²) in [4.78, 5) is 10.2. The molecule has 1 aliphatic rings. The average molecular weight is 160 g/mol. The van der Waals surface area contributed by atoms with E-state index in [2.05, 4.69) is 0 Å². The minimum Gasteiger partial charge on any atom is -0.384 e. The van der Waals surface area contributed by atoms with E-state index in [0.717, 1.165) is 6.29 Å². The molecule has 1 rings (SSSR count). The quantitative estimate of drug-likeness (QED) is 0.376. The molecular formula is C7H14NO3+. The largest absolute Gasteiger partial charge is 0.384 e. The summed E-state index contributed by atoms with van der Waals surface area (Å²) in [6.45, 7) is 1.31. The van der Waals surface area contributed by atoms with Crippen LogP contribution in [-0.4, -0.2) is 59.9 Å². The van der Waals surface area contributed by atoms with Crippen molar-refractivity contribution in [1.29, 1.82) is 0 Å². The molecule has 3 atom stereocenters. The van der Waals surface area contributed by atoms with Crippen LogP contribution in [0.1, 0.15) is 0 Å². The molecule has 0 spiro atoms. The lowest BCUT2D eigenvalue weighted by atomic mass is 10.3. The van der Waals surface area contributed by atoms with Gasteiger partial charge < -0.3 is 14.7 Å². The first-order valence-electron chi connectivity index (χ1n) is 3.71. The Hall–Kier alpha value is -0.450. The third kappa shape index (κ3) is 1.77. The highest BCUT2D eigenvalue weighted by molar-refractivity contribution is 5.50. The first kappa shape index (κ1) is 8.64. The minimum absolute atomic E-state index is 0.369. The maximum atomic E-state index is 10.2. The van der Waals surface area contributed by atoms with Gasteiger partial charge in [0.05, 0.1) is 7.05 Å². The van der Waals surface area contributed by atoms with Gasteiger partial charge in [0.2, 0.25) is 0 Å². The molecule has 4 heteroatoms. The molecule has 0 aromatic heterocycles. The van der Waals surface area contributed by atoms with E-state index < -0.39 is 12.2 Å². The Balaban J connectivity index is 2.55. The van der Waals surface area contributed by atoms with Gasteiger partial charge in [-0.15, -0.1) is 0 Å². The number of carbonyl (C=O) groups is 1. The van der Waals surface area contributed by atoms with Crippen LogP contribution in [-0.2, 0) is 4.79 Å². The standard InChI is InChI=1S/C7H14NO3/c1-8(2-3-9)4-6(10)7(11)5-8/h3,6-7,10-11H,2,4-5H2,1H3/q+1/t6-,7+,8?. The molecule has 0 saturated carbocycles. The van der Waals surface area contributed by atoms with Gasteiger partial charge in [-0.3, -0.25) is 4.79 Å². The smallest absolute Gasteiger partial charge is 0.174 e. The van der Waals surface area contributed by atoms with E-state index in [1.807, 2.05) is 7.05 Å². The summed E-state index contributed by atoms with van der Waals surface area (Å²) in [5, 5.41) is 18.4. The van der Waals surface area contributed by atoms with Crippen molar-refractivity contribution in [2.45, 2.75) is 12.2 Å². The summed E-state index contributed by atoms with van der Waals surface area (Å²) in [6.07, 6.45) is -0.509. The number of aliphatic hydroxyl groups is 2. The molecule has 11 heavy (non-hydrogen) atoms. The molecule has 4 nitrogen and oxygen atoms in total. The lowest BCUT2D eigenvalue weighted by Crippen LogP contribution is -2.44. The third-order valence-corrected chi connectivity index (χ3v) is 2.22. The SMILES string of the molecule is C[N+]1(CC=O)C[C@@H](O)[C@@H](O)C1. The van der Waals surface area contributed by atoms with Gasteiger partial charge in [0.15, 0.2) is 6.29 Å². The molecule has 1 saturated heterocycles. The summed E-state index contributed by atoms with van der Waals surface area (Å²) in [5.74, 6) is 0. The fourth-order valence-corrected chi connectivity index (χ4v) is 1.55. The number of hydrogen-bond donors (Lipinski definition) is 2. The zero-order valence-electron chi connectivity index (χ0n) is 6.60. The molecule has 1 heterocycles. The van der Waals surface area contributed by atoms with Crippen LogP contribution in [0.15, 0.2) is 0 Å². The lowest BCUT2D eigenvalue weighted by molar-refractivity contribution is -0.891. The number of likely N-dealkylation sites (N-methyl/N-ethyl adjacent to an activating group) is 1. The summed E-state index contributed by atoms with van der Waals surface area (Å²) < 4.78 is 0.450. The predicted octanol–water partition coefficient (Wildman–Crippen LogP) is -1.63. The van der Waals surface area contributed by atoms with Gasteiger partial charge in [-0.25, -0.2) is 0 Å². The molecule has 0 aromatic carbocycles. The average Bonchev–Trinajstić information content (AvgIpc) is 2.08. The fourth-order valence-electron chi connectivity index (χ4n) is 1.55. The summed E-state index contributed by atoms with van der Waals surface area (Å²) in [7, 11) is 1.86. The Kier molecular flexibility index (Phi) is 2.27. The van der Waals surface area contributed by atoms with Gasteiger partial charge in [0, 0.05) is 0 Å². The molecule has 64 valence electrons. The van der Waals surface area contributed by atoms with Gasteiger partial charge in [0.25, 0.3) is 0 Å². The van der Waals surface area contributed by atoms with E-state index in [9.17, 15) is 15.0 Å². The summed E-state index contributed by atoms with van der Waals surface area (Å²) in [5.41, 5.74) is 0. The maximum Gasteiger partial charge on any atom is 0.174 e. The highest BCUT2D eigenvalue weighted by Crippen LogP contribution is 2.16. The van der Waals surface area contributed by atoms with Crippen molar-refractivity contribution < 1.29 is 19.5 Å². The van der Waals surface area contributed by atoms with Crippen molar-refractivity contribution in [3.63, 3.8) is 0 Å². The van der Waals surface area contributed by atoms with Gasteiger partial charge in [-0.2, -0.15) is 0 Å². The minimum atomic E-state index is -0.667. The molecule has 1 fully saturated rings. The molecule has 0 aromatic rings. The van der Waals surface area contributed by atoms with Crippen LogP contribution < -0.4 is 0 Å². The van der Waals surface area contributed by atoms with Crippen LogP contribution in [0, 0.1) is 0 Å². The number of hydrogen-bond acceptors (Lipinski definition) is 3. The van der Waals surface area contributed by atoms with Crippen LogP contribution in [0.5, 0.6) is 0 Å². The molecular weight excluding hydrogens is 146 g/mol. The molecule has 1 aliphatic heterocycles. The second-order valence-corrected chi connectivity index (χ2v) is 3.47. The Labute approximate surface area is 65.6 Å². The van der Waals surface area contributed by atoms with Crippen LogP contribution in [0.25, 0.3) is 0 Å². The van der Waals surface area contributed by atoms with E-state index >= 15 is 0 Å². The number of carbonyl (C=O) groups excluding carboxylic acids is 1. The number of nitrogens with zero attached hydrogens (tertiary/aromatic N) is 1. The second kappa shape index (κ2) is 2.89. The summed E-state index contributed by atoms with van der Waals surface area (Å²) in [6, 6.07) is 0. The summed E-state index contributed by atoms with van der Waals surface area (Å²) >= 11 is 0. The van der Waals surface area contributed by atoms with E-state index in [0.29, 0.717) is 24.1 Å². The number of quaternary nitrogens is 1. The van der Waals surface area contributed by atoms with E-state index in [1.165, 1.54) is 0 Å². The number of aldehydes is 1. The molecule has 1 unspecified atom stereocenters. The second-order valence-electron chi connectivity index (χ2n) is 3.47. The Bertz CT molecular complexity index is 150. The molecule has 2 N–H and O–H groups in total. The topological polar surface area (TPSA) is 57.5 Å².